The van der Waals surface area contributed by atoms with Gasteiger partial charge in [-0.15, -0.1) is 0 Å². The maximum atomic E-state index is 12.4. The Balaban J connectivity index is 2.14. The highest BCUT2D eigenvalue weighted by Gasteiger charge is 2.17. The second-order valence-electron chi connectivity index (χ2n) is 5.62. The van der Waals surface area contributed by atoms with Crippen LogP contribution in [0.2, 0.25) is 0 Å². The molecule has 2 heterocycles. The third-order valence-corrected chi connectivity index (χ3v) is 3.11. The molecule has 0 unspecified atom stereocenters. The molecule has 3 aromatic rings. The second-order valence-corrected chi connectivity index (χ2v) is 5.62. The van der Waals surface area contributed by atoms with Crippen molar-refractivity contribution in [1.82, 2.24) is 19.3 Å². The molecule has 0 saturated heterocycles. The summed E-state index contributed by atoms with van der Waals surface area (Å²) in [5.74, 6) is 0. The summed E-state index contributed by atoms with van der Waals surface area (Å²) in [6.45, 7) is 3.49. The Morgan fingerprint density at radius 2 is 1.95 bits per heavy atom. The number of aromatic nitrogens is 4. The summed E-state index contributed by atoms with van der Waals surface area (Å²) >= 11 is 0. The zero-order chi connectivity index (χ0) is 15.0. The minimum absolute atomic E-state index is 0.186. The van der Waals surface area contributed by atoms with Gasteiger partial charge in [0.15, 0.2) is 5.65 Å². The van der Waals surface area contributed by atoms with E-state index in [1.165, 1.54) is 17.1 Å². The predicted octanol–water partition coefficient (Wildman–Crippen LogP) is 1.35. The number of hydrogen-bond donors (Lipinski definition) is 1. The first-order valence-electron chi connectivity index (χ1n) is 6.67. The molecule has 108 valence electrons. The third kappa shape index (κ3) is 2.57. The van der Waals surface area contributed by atoms with Crippen LogP contribution in [-0.2, 0) is 6.54 Å². The van der Waals surface area contributed by atoms with Gasteiger partial charge in [-0.05, 0) is 26.0 Å². The first kappa shape index (κ1) is 13.5. The fourth-order valence-corrected chi connectivity index (χ4v) is 2.24. The van der Waals surface area contributed by atoms with Crippen LogP contribution in [0.5, 0.6) is 0 Å². The maximum Gasteiger partial charge on any atom is 0.264 e. The van der Waals surface area contributed by atoms with Gasteiger partial charge in [0.2, 0.25) is 0 Å². The van der Waals surface area contributed by atoms with Crippen molar-refractivity contribution >= 4 is 11.0 Å². The highest BCUT2D eigenvalue weighted by Crippen LogP contribution is 2.13. The molecule has 0 aliphatic carbocycles. The smallest absolute Gasteiger partial charge is 0.264 e. The second kappa shape index (κ2) is 4.82. The Labute approximate surface area is 121 Å². The number of nitrogens with zero attached hydrogens (tertiary/aromatic N) is 4. The molecule has 3 rings (SSSR count). The monoisotopic (exact) mass is 284 g/mol. The largest absolute Gasteiger partial charge is 0.389 e. The van der Waals surface area contributed by atoms with Crippen molar-refractivity contribution in [2.75, 3.05) is 0 Å². The average Bonchev–Trinajstić information content (AvgIpc) is 2.86. The van der Waals surface area contributed by atoms with E-state index in [9.17, 15) is 9.90 Å². The van der Waals surface area contributed by atoms with Gasteiger partial charge in [-0.3, -0.25) is 9.36 Å². The van der Waals surface area contributed by atoms with Gasteiger partial charge < -0.3 is 5.11 Å². The average molecular weight is 284 g/mol. The van der Waals surface area contributed by atoms with Crippen LogP contribution in [0.25, 0.3) is 16.7 Å². The molecule has 6 heteroatoms. The summed E-state index contributed by atoms with van der Waals surface area (Å²) in [5, 5.41) is 14.5. The van der Waals surface area contributed by atoms with Gasteiger partial charge in [0, 0.05) is 0 Å². The molecular weight excluding hydrogens is 268 g/mol. The van der Waals surface area contributed by atoms with Crippen LogP contribution in [0.15, 0.2) is 47.7 Å². The van der Waals surface area contributed by atoms with Crippen LogP contribution in [0, 0.1) is 0 Å². The van der Waals surface area contributed by atoms with Crippen molar-refractivity contribution in [3.05, 3.63) is 53.2 Å². The molecule has 0 bridgehead atoms. The Morgan fingerprint density at radius 3 is 2.62 bits per heavy atom. The summed E-state index contributed by atoms with van der Waals surface area (Å²) in [5.41, 5.74) is 0.177. The Morgan fingerprint density at radius 1 is 1.24 bits per heavy atom. The standard InChI is InChI=1S/C15H16N4O2/c1-15(2,21)9-18-10-16-13-12(14(18)20)8-17-19(13)11-6-4-3-5-7-11/h3-8,10,21H,9H2,1-2H3. The van der Waals surface area contributed by atoms with Crippen LogP contribution >= 0.6 is 0 Å². The fraction of sp³-hybridized carbons (Fsp3) is 0.267. The fourth-order valence-electron chi connectivity index (χ4n) is 2.24. The lowest BCUT2D eigenvalue weighted by Gasteiger charge is -2.18. The van der Waals surface area contributed by atoms with Crippen molar-refractivity contribution in [1.29, 1.82) is 0 Å². The normalized spacial score (nSPS) is 12.0. The van der Waals surface area contributed by atoms with Gasteiger partial charge in [-0.1, -0.05) is 18.2 Å². The lowest BCUT2D eigenvalue weighted by Crippen LogP contribution is -2.32. The Hall–Kier alpha value is -2.47. The maximum absolute atomic E-state index is 12.4. The van der Waals surface area contributed by atoms with Crippen molar-refractivity contribution in [3.63, 3.8) is 0 Å². The van der Waals surface area contributed by atoms with Crippen molar-refractivity contribution in [2.45, 2.75) is 26.0 Å². The molecule has 0 aliphatic rings. The molecule has 0 radical (unpaired) electrons. The van der Waals surface area contributed by atoms with Crippen LogP contribution < -0.4 is 5.56 Å². The van der Waals surface area contributed by atoms with Gasteiger partial charge >= 0.3 is 0 Å². The molecule has 0 aliphatic heterocycles. The molecule has 0 saturated carbocycles. The summed E-state index contributed by atoms with van der Waals surface area (Å²) in [7, 11) is 0. The van der Waals surface area contributed by atoms with Gasteiger partial charge in [-0.2, -0.15) is 5.10 Å². The van der Waals surface area contributed by atoms with Gasteiger partial charge in [0.1, 0.15) is 11.7 Å². The van der Waals surface area contributed by atoms with E-state index in [0.29, 0.717) is 11.0 Å². The van der Waals surface area contributed by atoms with Crippen molar-refractivity contribution in [2.24, 2.45) is 0 Å². The van der Waals surface area contributed by atoms with Gasteiger partial charge in [0.25, 0.3) is 5.56 Å². The van der Waals surface area contributed by atoms with E-state index in [2.05, 4.69) is 10.1 Å². The van der Waals surface area contributed by atoms with E-state index in [-0.39, 0.29) is 12.1 Å². The highest BCUT2D eigenvalue weighted by molar-refractivity contribution is 5.74. The summed E-state index contributed by atoms with van der Waals surface area (Å²) in [6.07, 6.45) is 2.96. The van der Waals surface area contributed by atoms with E-state index < -0.39 is 5.60 Å². The minimum Gasteiger partial charge on any atom is -0.389 e. The van der Waals surface area contributed by atoms with Gasteiger partial charge in [-0.25, -0.2) is 9.67 Å². The Kier molecular flexibility index (Phi) is 3.10. The summed E-state index contributed by atoms with van der Waals surface area (Å²) in [4.78, 5) is 16.7. The molecule has 21 heavy (non-hydrogen) atoms. The molecule has 2 aromatic heterocycles. The number of rotatable bonds is 3. The molecule has 1 aromatic carbocycles. The molecule has 1 N–H and O–H groups in total. The van der Waals surface area contributed by atoms with Crippen molar-refractivity contribution in [3.8, 4) is 5.69 Å². The number of fused-ring (bicyclic) bond motifs is 1. The topological polar surface area (TPSA) is 72.9 Å². The minimum atomic E-state index is -0.978. The van der Waals surface area contributed by atoms with Crippen LogP contribution in [-0.4, -0.2) is 30.0 Å². The van der Waals surface area contributed by atoms with E-state index in [1.807, 2.05) is 30.3 Å². The quantitative estimate of drug-likeness (QED) is 0.788. The van der Waals surface area contributed by atoms with E-state index in [0.717, 1.165) is 5.69 Å². The van der Waals surface area contributed by atoms with E-state index >= 15 is 0 Å². The zero-order valence-corrected chi connectivity index (χ0v) is 11.9. The predicted molar refractivity (Wildman–Crippen MR) is 79.4 cm³/mol. The highest BCUT2D eigenvalue weighted by atomic mass is 16.3. The number of aliphatic hydroxyl groups is 1. The zero-order valence-electron chi connectivity index (χ0n) is 11.9. The van der Waals surface area contributed by atoms with E-state index in [1.54, 1.807) is 18.5 Å². The molecular formula is C15H16N4O2. The van der Waals surface area contributed by atoms with Crippen LogP contribution in [0.4, 0.5) is 0 Å². The molecule has 0 fully saturated rings. The Bertz CT molecular complexity index is 828. The van der Waals surface area contributed by atoms with Gasteiger partial charge in [0.05, 0.1) is 24.0 Å². The lowest BCUT2D eigenvalue weighted by molar-refractivity contribution is 0.0603. The number of hydrogen-bond acceptors (Lipinski definition) is 4. The third-order valence-electron chi connectivity index (χ3n) is 3.11. The van der Waals surface area contributed by atoms with E-state index in [4.69, 9.17) is 0 Å². The van der Waals surface area contributed by atoms with Crippen LogP contribution in [0.3, 0.4) is 0 Å². The molecule has 0 spiro atoms. The molecule has 0 atom stereocenters. The van der Waals surface area contributed by atoms with Crippen LogP contribution in [0.1, 0.15) is 13.8 Å². The SMILES string of the molecule is CC(C)(O)Cn1cnc2c(cnn2-c2ccccc2)c1=O. The first-order valence-corrected chi connectivity index (χ1v) is 6.67. The molecule has 6 nitrogen and oxygen atoms in total. The molecule has 0 amide bonds. The number of benzene rings is 1. The number of para-hydroxylation sites is 1. The first-order chi connectivity index (χ1) is 9.96. The summed E-state index contributed by atoms with van der Waals surface area (Å²) < 4.78 is 3.03. The van der Waals surface area contributed by atoms with Crippen molar-refractivity contribution < 1.29 is 5.11 Å². The summed E-state index contributed by atoms with van der Waals surface area (Å²) in [6, 6.07) is 9.52. The lowest BCUT2D eigenvalue weighted by atomic mass is 10.1.